The quantitative estimate of drug-likeness (QED) is 0.736. The highest BCUT2D eigenvalue weighted by atomic mass is 16.3. The minimum absolute atomic E-state index is 0.119. The molecule has 0 radical (unpaired) electrons. The molecule has 1 aliphatic heterocycles. The van der Waals surface area contributed by atoms with Crippen molar-refractivity contribution in [1.29, 1.82) is 0 Å². The summed E-state index contributed by atoms with van der Waals surface area (Å²) in [6.45, 7) is 4.16. The number of nitrogens with one attached hydrogen (secondary N) is 1. The van der Waals surface area contributed by atoms with Crippen LogP contribution in [0.5, 0.6) is 0 Å². The van der Waals surface area contributed by atoms with E-state index in [0.29, 0.717) is 23.6 Å². The Morgan fingerprint density at radius 3 is 2.57 bits per heavy atom. The molecule has 1 N–H and O–H groups in total. The number of ketones is 1. The molecule has 2 aliphatic rings. The van der Waals surface area contributed by atoms with Crippen LogP contribution < -0.4 is 5.56 Å². The average molecular weight is 375 g/mol. The first-order chi connectivity index (χ1) is 13.4. The zero-order valence-corrected chi connectivity index (χ0v) is 15.8. The minimum Gasteiger partial charge on any atom is -0.469 e. The third-order valence-corrected chi connectivity index (χ3v) is 5.69. The maximum atomic E-state index is 13.3. The molecule has 6 heteroatoms. The number of carbonyl (C=O) groups excluding carboxylic acids is 1. The van der Waals surface area contributed by atoms with E-state index in [0.717, 1.165) is 17.8 Å². The maximum Gasteiger partial charge on any atom is 0.277 e. The number of aromatic nitrogens is 2. The van der Waals surface area contributed by atoms with Crippen molar-refractivity contribution >= 4 is 17.3 Å². The number of carbonyl (C=O) groups is 1. The van der Waals surface area contributed by atoms with Crippen LogP contribution in [0.1, 0.15) is 43.9 Å². The van der Waals surface area contributed by atoms with Gasteiger partial charge in [-0.3, -0.25) is 14.7 Å². The monoisotopic (exact) mass is 375 g/mol. The Hall–Kier alpha value is -3.15. The number of aliphatic imine (C=N–C) groups is 1. The van der Waals surface area contributed by atoms with Crippen molar-refractivity contribution in [2.24, 2.45) is 16.3 Å². The van der Waals surface area contributed by atoms with Gasteiger partial charge < -0.3 is 4.42 Å². The number of hydrogen-bond acceptors (Lipinski definition) is 4. The van der Waals surface area contributed by atoms with Gasteiger partial charge in [-0.05, 0) is 36.1 Å². The van der Waals surface area contributed by atoms with E-state index in [1.165, 1.54) is 4.68 Å². The number of nitrogens with zero attached hydrogens (tertiary/aromatic N) is 2. The number of para-hydroxylation sites is 1. The highest BCUT2D eigenvalue weighted by Gasteiger charge is 2.48. The summed E-state index contributed by atoms with van der Waals surface area (Å²) in [4.78, 5) is 31.2. The average Bonchev–Trinajstić information content (AvgIpc) is 3.28. The lowest BCUT2D eigenvalue weighted by atomic mass is 9.65. The van der Waals surface area contributed by atoms with E-state index in [4.69, 9.17) is 9.41 Å². The Balaban J connectivity index is 1.75. The lowest BCUT2D eigenvalue weighted by molar-refractivity contribution is -0.124. The molecule has 5 rings (SSSR count). The van der Waals surface area contributed by atoms with Gasteiger partial charge in [0.25, 0.3) is 5.56 Å². The van der Waals surface area contributed by atoms with Crippen molar-refractivity contribution in [3.05, 3.63) is 70.4 Å². The van der Waals surface area contributed by atoms with Gasteiger partial charge in [-0.2, -0.15) is 0 Å². The van der Waals surface area contributed by atoms with E-state index in [1.807, 2.05) is 36.4 Å². The van der Waals surface area contributed by atoms with Crippen LogP contribution in [0.4, 0.5) is 5.82 Å². The second-order valence-electron chi connectivity index (χ2n) is 8.41. The summed E-state index contributed by atoms with van der Waals surface area (Å²) in [5.41, 5.74) is 1.73. The van der Waals surface area contributed by atoms with Gasteiger partial charge in [-0.15, -0.1) is 0 Å². The fourth-order valence-electron chi connectivity index (χ4n) is 4.57. The van der Waals surface area contributed by atoms with E-state index < -0.39 is 11.8 Å². The number of aromatic amines is 1. The number of hydrogen-bond donors (Lipinski definition) is 1. The van der Waals surface area contributed by atoms with Gasteiger partial charge >= 0.3 is 0 Å². The van der Waals surface area contributed by atoms with Crippen molar-refractivity contribution in [1.82, 2.24) is 9.78 Å². The molecule has 1 fully saturated rings. The van der Waals surface area contributed by atoms with E-state index >= 15 is 0 Å². The molecular formula is C22H21N3O3. The second kappa shape index (κ2) is 5.92. The molecule has 0 amide bonds. The lowest BCUT2D eigenvalue weighted by Gasteiger charge is -2.38. The van der Waals surface area contributed by atoms with Crippen LogP contribution in [-0.4, -0.2) is 21.3 Å². The molecule has 1 aliphatic carbocycles. The molecule has 6 nitrogen and oxygen atoms in total. The summed E-state index contributed by atoms with van der Waals surface area (Å²) in [5.74, 6) is 0.373. The number of Topliss-reactive ketones (excluding diaryl/α,β-unsaturated/α-hetero) is 1. The summed E-state index contributed by atoms with van der Waals surface area (Å²) in [7, 11) is 0. The predicted molar refractivity (Wildman–Crippen MR) is 106 cm³/mol. The number of rotatable bonds is 2. The summed E-state index contributed by atoms with van der Waals surface area (Å²) in [6, 6.07) is 13.0. The smallest absolute Gasteiger partial charge is 0.277 e. The van der Waals surface area contributed by atoms with Gasteiger partial charge in [0.1, 0.15) is 11.5 Å². The van der Waals surface area contributed by atoms with Gasteiger partial charge in [-0.1, -0.05) is 32.0 Å². The SMILES string of the molecule is CC1(C)CC(=O)C2C(=Nc3[nH]n(-c4ccccc4)c(=O)c3[C@@H]2c2ccco2)C1. The predicted octanol–water partition coefficient (Wildman–Crippen LogP) is 3.98. The Morgan fingerprint density at radius 1 is 1.07 bits per heavy atom. The van der Waals surface area contributed by atoms with Gasteiger partial charge in [0.2, 0.25) is 0 Å². The third-order valence-electron chi connectivity index (χ3n) is 5.69. The lowest BCUT2D eigenvalue weighted by Crippen LogP contribution is -2.43. The van der Waals surface area contributed by atoms with Gasteiger partial charge in [0.05, 0.1) is 29.3 Å². The third kappa shape index (κ3) is 2.52. The summed E-state index contributed by atoms with van der Waals surface area (Å²) in [6.07, 6.45) is 2.78. The molecule has 1 aromatic carbocycles. The Morgan fingerprint density at radius 2 is 1.86 bits per heavy atom. The van der Waals surface area contributed by atoms with Crippen LogP contribution >= 0.6 is 0 Å². The first-order valence-electron chi connectivity index (χ1n) is 9.48. The Bertz CT molecular complexity index is 1130. The molecule has 28 heavy (non-hydrogen) atoms. The molecule has 1 saturated carbocycles. The minimum atomic E-state index is -0.449. The highest BCUT2D eigenvalue weighted by Crippen LogP contribution is 2.47. The van der Waals surface area contributed by atoms with Crippen molar-refractivity contribution in [2.75, 3.05) is 0 Å². The van der Waals surface area contributed by atoms with Crippen molar-refractivity contribution in [3.63, 3.8) is 0 Å². The molecule has 0 spiro atoms. The molecule has 142 valence electrons. The summed E-state index contributed by atoms with van der Waals surface area (Å²) in [5, 5.41) is 3.15. The van der Waals surface area contributed by atoms with Crippen LogP contribution in [0.2, 0.25) is 0 Å². The summed E-state index contributed by atoms with van der Waals surface area (Å²) < 4.78 is 7.18. The zero-order valence-electron chi connectivity index (χ0n) is 15.8. The standard InChI is InChI=1S/C22H21N3O3/c1-22(2)11-14-17(15(26)12-22)18(16-9-6-10-28-16)19-20(23-14)24-25(21(19)27)13-7-4-3-5-8-13/h3-10,17-18,24H,11-12H2,1-2H3/t17?,18-/m1/s1. The fourth-order valence-corrected chi connectivity index (χ4v) is 4.57. The molecular weight excluding hydrogens is 354 g/mol. The van der Waals surface area contributed by atoms with Crippen molar-refractivity contribution < 1.29 is 9.21 Å². The Kier molecular flexibility index (Phi) is 3.59. The van der Waals surface area contributed by atoms with Crippen LogP contribution in [0.25, 0.3) is 5.69 Å². The molecule has 0 saturated heterocycles. The second-order valence-corrected chi connectivity index (χ2v) is 8.41. The highest BCUT2D eigenvalue weighted by molar-refractivity contribution is 6.10. The van der Waals surface area contributed by atoms with Crippen molar-refractivity contribution in [3.8, 4) is 5.69 Å². The van der Waals surface area contributed by atoms with Crippen LogP contribution in [0.15, 0.2) is 62.9 Å². The molecule has 1 unspecified atom stereocenters. The largest absolute Gasteiger partial charge is 0.469 e. The van der Waals surface area contributed by atoms with E-state index in [2.05, 4.69) is 18.9 Å². The number of benzene rings is 1. The molecule has 2 aromatic heterocycles. The normalized spacial score (nSPS) is 23.1. The molecule has 3 aromatic rings. The topological polar surface area (TPSA) is 80.4 Å². The maximum absolute atomic E-state index is 13.3. The van der Waals surface area contributed by atoms with Crippen LogP contribution in [0, 0.1) is 11.3 Å². The first-order valence-corrected chi connectivity index (χ1v) is 9.48. The zero-order chi connectivity index (χ0) is 19.5. The van der Waals surface area contributed by atoms with E-state index in [-0.39, 0.29) is 16.8 Å². The summed E-state index contributed by atoms with van der Waals surface area (Å²) >= 11 is 0. The van der Waals surface area contributed by atoms with Gasteiger partial charge in [0.15, 0.2) is 5.82 Å². The van der Waals surface area contributed by atoms with Crippen LogP contribution in [0.3, 0.4) is 0 Å². The number of fused-ring (bicyclic) bond motifs is 2. The van der Waals surface area contributed by atoms with Crippen LogP contribution in [-0.2, 0) is 4.79 Å². The Labute approximate surface area is 161 Å². The van der Waals surface area contributed by atoms with Gasteiger partial charge in [0, 0.05) is 12.1 Å². The first kappa shape index (κ1) is 17.0. The van der Waals surface area contributed by atoms with E-state index in [9.17, 15) is 9.59 Å². The number of furan rings is 1. The van der Waals surface area contributed by atoms with Crippen molar-refractivity contribution in [2.45, 2.75) is 32.6 Å². The fraction of sp³-hybridized carbons (Fsp3) is 0.318. The molecule has 2 atom stereocenters. The van der Waals surface area contributed by atoms with Gasteiger partial charge in [-0.25, -0.2) is 9.67 Å². The molecule has 3 heterocycles. The molecule has 0 bridgehead atoms. The van der Waals surface area contributed by atoms with E-state index in [1.54, 1.807) is 12.3 Å². The number of H-pyrrole nitrogens is 1.